The third-order valence-electron chi connectivity index (χ3n) is 6.76. The van der Waals surface area contributed by atoms with Crippen LogP contribution in [0.1, 0.15) is 23.2 Å². The Morgan fingerprint density at radius 2 is 1.72 bits per heavy atom. The molecule has 2 amide bonds. The average molecular weight is 491 g/mol. The number of carbonyl (C=O) groups excluding carboxylic acids is 1. The molecule has 0 spiro atoms. The number of nitrogens with one attached hydrogen (secondary N) is 1. The number of hydrogen-bond acceptors (Lipinski definition) is 5. The first-order chi connectivity index (χ1) is 17.5. The molecule has 2 heterocycles. The number of amides is 2. The Hall–Kier alpha value is -3.36. The van der Waals surface area contributed by atoms with Crippen molar-refractivity contribution in [1.29, 1.82) is 0 Å². The molecular weight excluding hydrogens is 452 g/mol. The highest BCUT2D eigenvalue weighted by Gasteiger charge is 2.27. The second-order valence-electron chi connectivity index (χ2n) is 9.44. The van der Waals surface area contributed by atoms with Crippen LogP contribution in [0, 0.1) is 13.8 Å². The summed E-state index contributed by atoms with van der Waals surface area (Å²) in [4.78, 5) is 20.1. The van der Waals surface area contributed by atoms with Crippen molar-refractivity contribution in [3.05, 3.63) is 71.4 Å². The Bertz CT molecular complexity index is 1140. The number of hydrogen-bond donors (Lipinski definition) is 1. The third kappa shape index (κ3) is 6.06. The summed E-state index contributed by atoms with van der Waals surface area (Å²) in [5, 5.41) is 8.08. The summed E-state index contributed by atoms with van der Waals surface area (Å²) in [6, 6.07) is 18.0. The van der Waals surface area contributed by atoms with Crippen LogP contribution in [-0.4, -0.2) is 79.1 Å². The fourth-order valence-corrected chi connectivity index (χ4v) is 4.58. The van der Waals surface area contributed by atoms with Gasteiger partial charge < -0.3 is 24.8 Å². The van der Waals surface area contributed by atoms with E-state index in [1.807, 2.05) is 65.9 Å². The van der Waals surface area contributed by atoms with Crippen LogP contribution in [0.3, 0.4) is 0 Å². The summed E-state index contributed by atoms with van der Waals surface area (Å²) >= 11 is 0. The van der Waals surface area contributed by atoms with Gasteiger partial charge in [-0.05, 0) is 51.1 Å². The second kappa shape index (κ2) is 12.1. The molecule has 36 heavy (non-hydrogen) atoms. The van der Waals surface area contributed by atoms with Gasteiger partial charge in [-0.25, -0.2) is 9.48 Å². The van der Waals surface area contributed by atoms with Gasteiger partial charge in [-0.3, -0.25) is 0 Å². The van der Waals surface area contributed by atoms with E-state index in [0.29, 0.717) is 19.7 Å². The molecule has 0 atom stereocenters. The molecule has 0 unspecified atom stereocenters. The molecule has 2 aromatic carbocycles. The van der Waals surface area contributed by atoms with Crippen LogP contribution in [0.5, 0.6) is 0 Å². The molecule has 192 valence electrons. The van der Waals surface area contributed by atoms with E-state index in [2.05, 4.69) is 34.3 Å². The summed E-state index contributed by atoms with van der Waals surface area (Å²) in [6.45, 7) is 9.52. The van der Waals surface area contributed by atoms with E-state index >= 15 is 0 Å². The largest absolute Gasteiger partial charge is 0.385 e. The number of likely N-dealkylation sites (N-methyl/N-ethyl adjacent to an activating group) is 1. The van der Waals surface area contributed by atoms with E-state index in [1.54, 1.807) is 7.11 Å². The molecule has 1 N–H and O–H groups in total. The molecule has 0 radical (unpaired) electrons. The van der Waals surface area contributed by atoms with Crippen molar-refractivity contribution in [3.8, 4) is 5.69 Å². The molecule has 1 aliphatic rings. The van der Waals surface area contributed by atoms with Gasteiger partial charge in [0, 0.05) is 57.7 Å². The minimum atomic E-state index is -0.114. The molecule has 1 saturated heterocycles. The lowest BCUT2D eigenvalue weighted by Crippen LogP contribution is -2.46. The number of para-hydroxylation sites is 2. The summed E-state index contributed by atoms with van der Waals surface area (Å²) < 4.78 is 7.33. The summed E-state index contributed by atoms with van der Waals surface area (Å²) in [5.74, 6) is 1.08. The molecular formula is C28H38N6O2. The third-order valence-corrected chi connectivity index (χ3v) is 6.76. The van der Waals surface area contributed by atoms with Crippen molar-refractivity contribution >= 4 is 17.5 Å². The number of methoxy groups -OCH3 is 1. The monoisotopic (exact) mass is 490 g/mol. The van der Waals surface area contributed by atoms with Crippen LogP contribution in [0.15, 0.2) is 54.6 Å². The van der Waals surface area contributed by atoms with E-state index in [0.717, 1.165) is 66.6 Å². The van der Waals surface area contributed by atoms with E-state index in [4.69, 9.17) is 9.84 Å². The number of rotatable bonds is 9. The van der Waals surface area contributed by atoms with Gasteiger partial charge in [0.25, 0.3) is 0 Å². The fourth-order valence-electron chi connectivity index (χ4n) is 4.58. The topological polar surface area (TPSA) is 65.9 Å². The standard InChI is InChI=1S/C28H38N6O2/c1-22-11-8-9-14-26(22)29-28(35)33(15-10-20-36-4)21-25-23(2)30-34(24-12-6-5-7-13-24)27(25)32-18-16-31(3)17-19-32/h5-9,11-14H,10,15-21H2,1-4H3,(H,29,35). The molecule has 4 rings (SSSR count). The molecule has 1 fully saturated rings. The number of urea groups is 1. The number of aromatic nitrogens is 2. The fraction of sp³-hybridized carbons (Fsp3) is 0.429. The van der Waals surface area contributed by atoms with Gasteiger partial charge in [0.15, 0.2) is 0 Å². The highest BCUT2D eigenvalue weighted by atomic mass is 16.5. The van der Waals surface area contributed by atoms with Gasteiger partial charge >= 0.3 is 6.03 Å². The Labute approximate surface area is 214 Å². The molecule has 8 heteroatoms. The summed E-state index contributed by atoms with van der Waals surface area (Å²) in [5.41, 5.74) is 4.91. The number of aryl methyl sites for hydroxylation is 2. The van der Waals surface area contributed by atoms with Crippen molar-refractivity contribution < 1.29 is 9.53 Å². The minimum Gasteiger partial charge on any atom is -0.385 e. The zero-order chi connectivity index (χ0) is 25.5. The molecule has 3 aromatic rings. The Balaban J connectivity index is 1.68. The van der Waals surface area contributed by atoms with E-state index in [1.165, 1.54) is 0 Å². The van der Waals surface area contributed by atoms with Crippen LogP contribution in [0.4, 0.5) is 16.3 Å². The SMILES string of the molecule is COCCCN(Cc1c(C)nn(-c2ccccc2)c1N1CCN(C)CC1)C(=O)Nc1ccccc1C. The molecule has 0 saturated carbocycles. The maximum atomic E-state index is 13.5. The first-order valence-corrected chi connectivity index (χ1v) is 12.7. The lowest BCUT2D eigenvalue weighted by atomic mass is 10.2. The quantitative estimate of drug-likeness (QED) is 0.453. The number of piperazine rings is 1. The van der Waals surface area contributed by atoms with Crippen LogP contribution in [0.2, 0.25) is 0 Å². The van der Waals surface area contributed by atoms with Crippen molar-refractivity contribution in [2.75, 3.05) is 63.7 Å². The van der Waals surface area contributed by atoms with E-state index in [-0.39, 0.29) is 6.03 Å². The molecule has 1 aliphatic heterocycles. The van der Waals surface area contributed by atoms with Crippen molar-refractivity contribution in [2.45, 2.75) is 26.8 Å². The lowest BCUT2D eigenvalue weighted by Gasteiger charge is -2.35. The first-order valence-electron chi connectivity index (χ1n) is 12.7. The van der Waals surface area contributed by atoms with Gasteiger partial charge in [0.2, 0.25) is 0 Å². The zero-order valence-corrected chi connectivity index (χ0v) is 21.9. The van der Waals surface area contributed by atoms with Crippen LogP contribution < -0.4 is 10.2 Å². The van der Waals surface area contributed by atoms with Crippen LogP contribution >= 0.6 is 0 Å². The Kier molecular flexibility index (Phi) is 8.61. The van der Waals surface area contributed by atoms with E-state index < -0.39 is 0 Å². The van der Waals surface area contributed by atoms with Gasteiger partial charge in [0.05, 0.1) is 17.9 Å². The van der Waals surface area contributed by atoms with Crippen molar-refractivity contribution in [3.63, 3.8) is 0 Å². The van der Waals surface area contributed by atoms with Crippen LogP contribution in [0.25, 0.3) is 5.69 Å². The molecule has 8 nitrogen and oxygen atoms in total. The smallest absolute Gasteiger partial charge is 0.322 e. The van der Waals surface area contributed by atoms with Crippen LogP contribution in [-0.2, 0) is 11.3 Å². The van der Waals surface area contributed by atoms with Gasteiger partial charge in [0.1, 0.15) is 5.82 Å². The predicted octanol–water partition coefficient (Wildman–Crippen LogP) is 4.31. The van der Waals surface area contributed by atoms with Crippen molar-refractivity contribution in [2.24, 2.45) is 0 Å². The Morgan fingerprint density at radius 1 is 1.03 bits per heavy atom. The number of benzene rings is 2. The molecule has 0 aliphatic carbocycles. The molecule has 1 aromatic heterocycles. The normalized spacial score (nSPS) is 14.2. The minimum absolute atomic E-state index is 0.114. The summed E-state index contributed by atoms with van der Waals surface area (Å²) in [6.07, 6.45) is 0.757. The Morgan fingerprint density at radius 3 is 2.42 bits per heavy atom. The lowest BCUT2D eigenvalue weighted by molar-refractivity contribution is 0.171. The second-order valence-corrected chi connectivity index (χ2v) is 9.44. The van der Waals surface area contributed by atoms with Gasteiger partial charge in [-0.2, -0.15) is 5.10 Å². The highest BCUT2D eigenvalue weighted by Crippen LogP contribution is 2.30. The highest BCUT2D eigenvalue weighted by molar-refractivity contribution is 5.90. The zero-order valence-electron chi connectivity index (χ0n) is 21.9. The first kappa shape index (κ1) is 25.7. The van der Waals surface area contributed by atoms with Gasteiger partial charge in [-0.15, -0.1) is 0 Å². The molecule has 0 bridgehead atoms. The summed E-state index contributed by atoms with van der Waals surface area (Å²) in [7, 11) is 3.85. The maximum absolute atomic E-state index is 13.5. The number of carbonyl (C=O) groups is 1. The van der Waals surface area contributed by atoms with Crippen molar-refractivity contribution in [1.82, 2.24) is 19.6 Å². The van der Waals surface area contributed by atoms with Gasteiger partial charge in [-0.1, -0.05) is 36.4 Å². The van der Waals surface area contributed by atoms with E-state index in [9.17, 15) is 4.79 Å². The average Bonchev–Trinajstić information content (AvgIpc) is 3.21. The number of anilines is 2. The number of nitrogens with zero attached hydrogens (tertiary/aromatic N) is 5. The number of ether oxygens (including phenoxy) is 1. The maximum Gasteiger partial charge on any atom is 0.322 e. The predicted molar refractivity (Wildman–Crippen MR) is 145 cm³/mol.